The van der Waals surface area contributed by atoms with Crippen LogP contribution in [-0.4, -0.2) is 74.8 Å². The summed E-state index contributed by atoms with van der Waals surface area (Å²) in [6.45, 7) is 3.59. The molecule has 2 aromatic heterocycles. The van der Waals surface area contributed by atoms with Crippen molar-refractivity contribution in [3.05, 3.63) is 41.6 Å². The van der Waals surface area contributed by atoms with Crippen LogP contribution in [0.2, 0.25) is 0 Å². The Labute approximate surface area is 212 Å². The van der Waals surface area contributed by atoms with Gasteiger partial charge < -0.3 is 25.0 Å². The zero-order chi connectivity index (χ0) is 26.3. The molecule has 2 amide bonds. The van der Waals surface area contributed by atoms with Gasteiger partial charge in [0.15, 0.2) is 0 Å². The van der Waals surface area contributed by atoms with Gasteiger partial charge in [0.2, 0.25) is 0 Å². The Morgan fingerprint density at radius 1 is 1.30 bits per heavy atom. The van der Waals surface area contributed by atoms with Crippen LogP contribution in [0.25, 0.3) is 22.3 Å². The van der Waals surface area contributed by atoms with Gasteiger partial charge in [0.25, 0.3) is 11.8 Å². The first-order valence-corrected chi connectivity index (χ1v) is 12.4. The Morgan fingerprint density at radius 2 is 2.08 bits per heavy atom. The van der Waals surface area contributed by atoms with Crippen molar-refractivity contribution in [1.29, 1.82) is 0 Å². The Balaban J connectivity index is 1.41. The number of aliphatic hydroxyl groups is 1. The van der Waals surface area contributed by atoms with Crippen molar-refractivity contribution >= 4 is 22.8 Å². The molecule has 2 aliphatic rings. The van der Waals surface area contributed by atoms with Crippen molar-refractivity contribution in [2.24, 2.45) is 5.92 Å². The normalized spacial score (nSPS) is 20.6. The fourth-order valence-electron chi connectivity index (χ4n) is 4.68. The quantitative estimate of drug-likeness (QED) is 0.447. The van der Waals surface area contributed by atoms with Crippen LogP contribution in [-0.2, 0) is 4.79 Å². The fraction of sp³-hybridized carbons (Fsp3) is 0.462. The molecule has 196 valence electrons. The van der Waals surface area contributed by atoms with E-state index < -0.39 is 35.9 Å². The number of ether oxygens (including phenoxy) is 1. The summed E-state index contributed by atoms with van der Waals surface area (Å²) in [5, 5.41) is 12.2. The van der Waals surface area contributed by atoms with Gasteiger partial charge in [-0.25, -0.2) is 18.7 Å². The molecule has 3 atom stereocenters. The van der Waals surface area contributed by atoms with E-state index in [0.29, 0.717) is 46.3 Å². The first kappa shape index (κ1) is 25.1. The molecule has 1 aromatic carbocycles. The van der Waals surface area contributed by atoms with Crippen molar-refractivity contribution in [3.63, 3.8) is 0 Å². The smallest absolute Gasteiger partial charge is 0.255 e. The molecule has 1 aliphatic carbocycles. The number of aromatic amines is 1. The number of H-pyrrole nitrogens is 1. The van der Waals surface area contributed by atoms with Gasteiger partial charge in [-0.1, -0.05) is 0 Å². The second-order valence-electron chi connectivity index (χ2n) is 9.81. The molecule has 1 aliphatic heterocycles. The topological polar surface area (TPSA) is 120 Å². The minimum absolute atomic E-state index is 0.206. The molecule has 1 saturated carbocycles. The number of halogens is 2. The Morgan fingerprint density at radius 3 is 2.78 bits per heavy atom. The van der Waals surface area contributed by atoms with Crippen LogP contribution in [0.1, 0.15) is 42.2 Å². The molecule has 1 saturated heterocycles. The van der Waals surface area contributed by atoms with Crippen LogP contribution in [0.4, 0.5) is 8.78 Å². The Kier molecular flexibility index (Phi) is 6.80. The molecule has 3 heterocycles. The number of aromatic nitrogens is 3. The fourth-order valence-corrected chi connectivity index (χ4v) is 4.68. The number of rotatable bonds is 7. The van der Waals surface area contributed by atoms with Crippen molar-refractivity contribution < 1.29 is 28.2 Å². The predicted molar refractivity (Wildman–Crippen MR) is 131 cm³/mol. The number of nitrogens with zero attached hydrogens (tertiary/aromatic N) is 3. The van der Waals surface area contributed by atoms with E-state index in [0.717, 1.165) is 12.8 Å². The molecular weight excluding hydrogens is 484 g/mol. The van der Waals surface area contributed by atoms with Crippen LogP contribution in [0.3, 0.4) is 0 Å². The van der Waals surface area contributed by atoms with E-state index in [1.54, 1.807) is 13.0 Å². The third-order valence-corrected chi connectivity index (χ3v) is 6.89. The summed E-state index contributed by atoms with van der Waals surface area (Å²) in [6, 6.07) is 3.44. The second-order valence-corrected chi connectivity index (χ2v) is 9.81. The van der Waals surface area contributed by atoms with Gasteiger partial charge in [-0.3, -0.25) is 9.59 Å². The van der Waals surface area contributed by atoms with Crippen LogP contribution in [0, 0.1) is 18.7 Å². The SMILES string of the molecule is Cc1[nH]c2c(-c3cc(F)ccc3OCC3CC3)ncnc2c1C(=O)N[C@H]1CCN(C(=O)[C@H](C)O)C[C@H]1F. The van der Waals surface area contributed by atoms with Crippen LogP contribution in [0.5, 0.6) is 5.75 Å². The van der Waals surface area contributed by atoms with Crippen LogP contribution in [0.15, 0.2) is 24.5 Å². The third kappa shape index (κ3) is 5.13. The molecule has 0 bridgehead atoms. The first-order chi connectivity index (χ1) is 17.7. The van der Waals surface area contributed by atoms with Crippen LogP contribution < -0.4 is 10.1 Å². The maximum atomic E-state index is 14.9. The van der Waals surface area contributed by atoms with E-state index in [9.17, 15) is 23.5 Å². The minimum Gasteiger partial charge on any atom is -0.493 e. The van der Waals surface area contributed by atoms with E-state index in [1.165, 1.54) is 30.3 Å². The number of benzene rings is 1. The summed E-state index contributed by atoms with van der Waals surface area (Å²) in [6.07, 6.45) is 1.03. The maximum absolute atomic E-state index is 14.9. The predicted octanol–water partition coefficient (Wildman–Crippen LogP) is 2.91. The van der Waals surface area contributed by atoms with Gasteiger partial charge in [0.05, 0.1) is 30.3 Å². The van der Waals surface area contributed by atoms with E-state index in [-0.39, 0.29) is 25.1 Å². The highest BCUT2D eigenvalue weighted by atomic mass is 19.1. The van der Waals surface area contributed by atoms with Crippen molar-refractivity contribution in [2.45, 2.75) is 51.4 Å². The number of nitrogens with one attached hydrogen (secondary N) is 2. The third-order valence-electron chi connectivity index (χ3n) is 6.89. The standard InChI is InChI=1S/C26H29F2N5O4/c1-13-21(25(35)32-19-7-8-33(10-18(19)28)26(36)14(2)34)23-24(31-13)22(29-12-30-23)17-9-16(27)5-6-20(17)37-11-15-3-4-15/h5-6,9,12,14-15,18-19,31,34H,3-4,7-8,10-11H2,1-2H3,(H,32,35)/t14-,18+,19-/m0/s1. The number of piperidine rings is 1. The van der Waals surface area contributed by atoms with Gasteiger partial charge in [-0.2, -0.15) is 0 Å². The number of hydrogen-bond acceptors (Lipinski definition) is 6. The largest absolute Gasteiger partial charge is 0.493 e. The summed E-state index contributed by atoms with van der Waals surface area (Å²) < 4.78 is 35.0. The zero-order valence-corrected chi connectivity index (χ0v) is 20.6. The molecule has 0 radical (unpaired) electrons. The number of amides is 2. The number of alkyl halides is 1. The lowest BCUT2D eigenvalue weighted by molar-refractivity contribution is -0.141. The average molecular weight is 514 g/mol. The molecule has 3 N–H and O–H groups in total. The number of aliphatic hydroxyl groups excluding tert-OH is 1. The average Bonchev–Trinajstić information content (AvgIpc) is 3.63. The molecule has 0 unspecified atom stereocenters. The number of carbonyl (C=O) groups excluding carboxylic acids is 2. The van der Waals surface area contributed by atoms with Gasteiger partial charge in [-0.05, 0) is 57.2 Å². The Bertz CT molecular complexity index is 1340. The van der Waals surface area contributed by atoms with E-state index in [1.807, 2.05) is 0 Å². The first-order valence-electron chi connectivity index (χ1n) is 12.4. The van der Waals surface area contributed by atoms with E-state index in [4.69, 9.17) is 4.74 Å². The molecule has 2 fully saturated rings. The molecule has 11 heteroatoms. The highest BCUT2D eigenvalue weighted by Crippen LogP contribution is 2.36. The number of likely N-dealkylation sites (tertiary alicyclic amines) is 1. The van der Waals surface area contributed by atoms with Crippen molar-refractivity contribution in [1.82, 2.24) is 25.2 Å². The molecule has 5 rings (SSSR count). The highest BCUT2D eigenvalue weighted by Gasteiger charge is 2.34. The van der Waals surface area contributed by atoms with E-state index in [2.05, 4.69) is 20.3 Å². The van der Waals surface area contributed by atoms with Crippen LogP contribution >= 0.6 is 0 Å². The summed E-state index contributed by atoms with van der Waals surface area (Å²) in [5.74, 6) is -0.507. The van der Waals surface area contributed by atoms with Crippen molar-refractivity contribution in [2.75, 3.05) is 19.7 Å². The molecule has 9 nitrogen and oxygen atoms in total. The summed E-state index contributed by atoms with van der Waals surface area (Å²) >= 11 is 0. The number of carbonyl (C=O) groups is 2. The van der Waals surface area contributed by atoms with E-state index >= 15 is 0 Å². The minimum atomic E-state index is -1.49. The molecular formula is C26H29F2N5O4. The second kappa shape index (κ2) is 10.0. The molecule has 3 aromatic rings. The lowest BCUT2D eigenvalue weighted by Crippen LogP contribution is -2.55. The lowest BCUT2D eigenvalue weighted by atomic mass is 10.0. The molecule has 37 heavy (non-hydrogen) atoms. The lowest BCUT2D eigenvalue weighted by Gasteiger charge is -2.35. The molecule has 0 spiro atoms. The summed E-state index contributed by atoms with van der Waals surface area (Å²) in [5.41, 5.74) is 2.36. The number of hydrogen-bond donors (Lipinski definition) is 3. The summed E-state index contributed by atoms with van der Waals surface area (Å²) in [4.78, 5) is 38.3. The van der Waals surface area contributed by atoms with Gasteiger partial charge in [0.1, 0.15) is 41.4 Å². The van der Waals surface area contributed by atoms with Gasteiger partial charge in [0, 0.05) is 17.8 Å². The number of fused-ring (bicyclic) bond motifs is 1. The maximum Gasteiger partial charge on any atom is 0.255 e. The van der Waals surface area contributed by atoms with Gasteiger partial charge in [-0.15, -0.1) is 0 Å². The monoisotopic (exact) mass is 513 g/mol. The zero-order valence-electron chi connectivity index (χ0n) is 20.6. The summed E-state index contributed by atoms with van der Waals surface area (Å²) in [7, 11) is 0. The number of aryl methyl sites for hydroxylation is 1. The Hall–Kier alpha value is -3.60. The van der Waals surface area contributed by atoms with Crippen molar-refractivity contribution in [3.8, 4) is 17.0 Å². The highest BCUT2D eigenvalue weighted by molar-refractivity contribution is 6.09. The van der Waals surface area contributed by atoms with Gasteiger partial charge >= 0.3 is 0 Å².